The zero-order valence-corrected chi connectivity index (χ0v) is 14.7. The van der Waals surface area contributed by atoms with Gasteiger partial charge in [0.15, 0.2) is 0 Å². The van der Waals surface area contributed by atoms with Gasteiger partial charge in [0.25, 0.3) is 0 Å². The van der Waals surface area contributed by atoms with Gasteiger partial charge in [-0.2, -0.15) is 15.0 Å². The number of hydrogen-bond acceptors (Lipinski definition) is 7. The number of rotatable bonds is 4. The highest BCUT2D eigenvalue weighted by molar-refractivity contribution is 7.98. The lowest BCUT2D eigenvalue weighted by Crippen LogP contribution is -2.45. The molecule has 1 aromatic carbocycles. The molecular weight excluding hydrogens is 332 g/mol. The third-order valence-electron chi connectivity index (χ3n) is 3.58. The van der Waals surface area contributed by atoms with Gasteiger partial charge in [0.2, 0.25) is 11.9 Å². The van der Waals surface area contributed by atoms with Crippen molar-refractivity contribution in [1.82, 2.24) is 19.9 Å². The Labute approximate surface area is 146 Å². The highest BCUT2D eigenvalue weighted by atomic mass is 35.5. The molecule has 2 heterocycles. The normalized spacial score (nSPS) is 15.3. The molecule has 2 aromatic rings. The third-order valence-corrected chi connectivity index (χ3v) is 4.59. The molecule has 0 spiro atoms. The summed E-state index contributed by atoms with van der Waals surface area (Å²) in [5.74, 6) is 2.42. The molecule has 0 atom stereocenters. The van der Waals surface area contributed by atoms with Crippen molar-refractivity contribution in [3.8, 4) is 0 Å². The molecule has 3 rings (SSSR count). The van der Waals surface area contributed by atoms with Gasteiger partial charge < -0.3 is 15.5 Å². The van der Waals surface area contributed by atoms with Gasteiger partial charge in [0.05, 0.1) is 5.75 Å². The molecule has 0 amide bonds. The number of likely N-dealkylation sites (N-methyl/N-ethyl adjacent to an activating group) is 1. The van der Waals surface area contributed by atoms with Crippen molar-refractivity contribution in [2.75, 3.05) is 43.9 Å². The van der Waals surface area contributed by atoms with E-state index in [0.717, 1.165) is 32.0 Å². The molecule has 124 valence electrons. The molecule has 0 bridgehead atoms. The number of nitrogens with two attached hydrogens (primary N) is 1. The lowest BCUT2D eigenvalue weighted by Gasteiger charge is -2.32. The minimum Gasteiger partial charge on any atom is -0.368 e. The summed E-state index contributed by atoms with van der Waals surface area (Å²) in [5.41, 5.74) is 5.85. The molecule has 1 aromatic heterocycles. The van der Waals surface area contributed by atoms with E-state index in [2.05, 4.69) is 43.9 Å². The molecule has 0 radical (unpaired) electrons. The number of aromatic nitrogens is 3. The monoisotopic (exact) mass is 352 g/mol. The van der Waals surface area contributed by atoms with Crippen molar-refractivity contribution in [2.24, 2.45) is 0 Å². The van der Waals surface area contributed by atoms with Crippen molar-refractivity contribution in [1.29, 1.82) is 0 Å². The number of nitrogens with zero attached hydrogens (tertiary/aromatic N) is 5. The van der Waals surface area contributed by atoms with Crippen LogP contribution in [0.15, 0.2) is 35.2 Å². The van der Waals surface area contributed by atoms with E-state index < -0.39 is 0 Å². The van der Waals surface area contributed by atoms with Gasteiger partial charge in [0, 0.05) is 31.1 Å². The van der Waals surface area contributed by atoms with Crippen molar-refractivity contribution < 1.29 is 0 Å². The van der Waals surface area contributed by atoms with E-state index in [0.29, 0.717) is 17.6 Å². The van der Waals surface area contributed by atoms with Gasteiger partial charge in [-0.25, -0.2) is 0 Å². The van der Waals surface area contributed by atoms with Gasteiger partial charge in [-0.05, 0) is 19.2 Å². The van der Waals surface area contributed by atoms with Crippen molar-refractivity contribution in [3.05, 3.63) is 36.2 Å². The molecule has 1 saturated heterocycles. The van der Waals surface area contributed by atoms with Crippen molar-refractivity contribution >= 4 is 36.1 Å². The standard InChI is InChI=1S/C15H20N6S.ClH/c1-20-7-9-21(10-8-20)15-18-13(17-14(16)19-15)11-22-12-5-3-2-4-6-12;/h2-6H,7-11H2,1H3,(H2,16,17,18,19);1H. The summed E-state index contributed by atoms with van der Waals surface area (Å²) in [5, 5.41) is 0. The second kappa shape index (κ2) is 8.33. The van der Waals surface area contributed by atoms with Crippen LogP contribution in [0, 0.1) is 0 Å². The predicted molar refractivity (Wildman–Crippen MR) is 97.2 cm³/mol. The second-order valence-corrected chi connectivity index (χ2v) is 6.35. The summed E-state index contributed by atoms with van der Waals surface area (Å²) >= 11 is 1.70. The lowest BCUT2D eigenvalue weighted by molar-refractivity contribution is 0.311. The Bertz CT molecular complexity index is 619. The van der Waals surface area contributed by atoms with Gasteiger partial charge in [-0.3, -0.25) is 0 Å². The van der Waals surface area contributed by atoms with Crippen molar-refractivity contribution in [3.63, 3.8) is 0 Å². The summed E-state index contributed by atoms with van der Waals surface area (Å²) in [6.07, 6.45) is 0. The SMILES string of the molecule is CN1CCN(c2nc(N)nc(CSc3ccccc3)n2)CC1.Cl. The van der Waals surface area contributed by atoms with E-state index in [4.69, 9.17) is 5.73 Å². The third kappa shape index (κ3) is 4.95. The molecule has 23 heavy (non-hydrogen) atoms. The van der Waals surface area contributed by atoms with E-state index >= 15 is 0 Å². The first-order valence-electron chi connectivity index (χ1n) is 7.32. The molecule has 0 unspecified atom stereocenters. The molecule has 0 aliphatic carbocycles. The number of thioether (sulfide) groups is 1. The smallest absolute Gasteiger partial charge is 0.230 e. The van der Waals surface area contributed by atoms with Crippen LogP contribution >= 0.6 is 24.2 Å². The first kappa shape index (κ1) is 17.8. The number of hydrogen-bond donors (Lipinski definition) is 1. The van der Waals surface area contributed by atoms with Crippen LogP contribution in [0.5, 0.6) is 0 Å². The van der Waals surface area contributed by atoms with Gasteiger partial charge in [0.1, 0.15) is 5.82 Å². The lowest BCUT2D eigenvalue weighted by atomic mass is 10.3. The van der Waals surface area contributed by atoms with Crippen LogP contribution in [0.3, 0.4) is 0 Å². The van der Waals surface area contributed by atoms with Crippen molar-refractivity contribution in [2.45, 2.75) is 10.6 Å². The van der Waals surface area contributed by atoms with E-state index in [1.165, 1.54) is 4.90 Å². The molecule has 1 aliphatic rings. The van der Waals surface area contributed by atoms with Crippen LogP contribution in [0.25, 0.3) is 0 Å². The molecular formula is C15H21ClN6S. The first-order valence-corrected chi connectivity index (χ1v) is 8.31. The molecule has 1 aliphatic heterocycles. The number of anilines is 2. The molecule has 8 heteroatoms. The zero-order chi connectivity index (χ0) is 15.4. The fraction of sp³-hybridized carbons (Fsp3) is 0.400. The fourth-order valence-electron chi connectivity index (χ4n) is 2.30. The Balaban J connectivity index is 0.00000192. The summed E-state index contributed by atoms with van der Waals surface area (Å²) < 4.78 is 0. The van der Waals surface area contributed by atoms with Crippen LogP contribution in [0.4, 0.5) is 11.9 Å². The number of halogens is 1. The topological polar surface area (TPSA) is 71.2 Å². The Morgan fingerprint density at radius 3 is 2.43 bits per heavy atom. The summed E-state index contributed by atoms with van der Waals surface area (Å²) in [6.45, 7) is 3.87. The Hall–Kier alpha value is -1.57. The van der Waals surface area contributed by atoms with Gasteiger partial charge in [-0.15, -0.1) is 24.2 Å². The largest absolute Gasteiger partial charge is 0.368 e. The molecule has 1 fully saturated rings. The summed E-state index contributed by atoms with van der Waals surface area (Å²) in [7, 11) is 2.13. The predicted octanol–water partition coefficient (Wildman–Crippen LogP) is 1.92. The zero-order valence-electron chi connectivity index (χ0n) is 13.1. The molecule has 0 saturated carbocycles. The van der Waals surface area contributed by atoms with E-state index in [1.54, 1.807) is 11.8 Å². The van der Waals surface area contributed by atoms with Gasteiger partial charge in [-0.1, -0.05) is 18.2 Å². The maximum absolute atomic E-state index is 5.85. The number of nitrogen functional groups attached to an aromatic ring is 1. The van der Waals surface area contributed by atoms with E-state index in [9.17, 15) is 0 Å². The molecule has 2 N–H and O–H groups in total. The van der Waals surface area contributed by atoms with E-state index in [-0.39, 0.29) is 12.4 Å². The Morgan fingerprint density at radius 2 is 1.74 bits per heavy atom. The van der Waals surface area contributed by atoms with Gasteiger partial charge >= 0.3 is 0 Å². The average molecular weight is 353 g/mol. The number of piperazine rings is 1. The van der Waals surface area contributed by atoms with Crippen LogP contribution < -0.4 is 10.6 Å². The second-order valence-electron chi connectivity index (χ2n) is 5.30. The van der Waals surface area contributed by atoms with Crippen LogP contribution in [0.1, 0.15) is 5.82 Å². The Morgan fingerprint density at radius 1 is 1.04 bits per heavy atom. The summed E-state index contributed by atoms with van der Waals surface area (Å²) in [6, 6.07) is 10.2. The fourth-order valence-corrected chi connectivity index (χ4v) is 3.08. The minimum absolute atomic E-state index is 0. The highest BCUT2D eigenvalue weighted by Gasteiger charge is 2.18. The van der Waals surface area contributed by atoms with Crippen LogP contribution in [0.2, 0.25) is 0 Å². The van der Waals surface area contributed by atoms with Crippen LogP contribution in [-0.2, 0) is 5.75 Å². The first-order chi connectivity index (χ1) is 10.7. The quantitative estimate of drug-likeness (QED) is 0.843. The van der Waals surface area contributed by atoms with Crippen LogP contribution in [-0.4, -0.2) is 53.1 Å². The maximum atomic E-state index is 5.85. The minimum atomic E-state index is 0. The average Bonchev–Trinajstić information content (AvgIpc) is 2.54. The summed E-state index contributed by atoms with van der Waals surface area (Å²) in [4.78, 5) is 18.8. The maximum Gasteiger partial charge on any atom is 0.230 e. The Kier molecular flexibility index (Phi) is 6.44. The van der Waals surface area contributed by atoms with E-state index in [1.807, 2.05) is 18.2 Å². The highest BCUT2D eigenvalue weighted by Crippen LogP contribution is 2.22. The molecule has 6 nitrogen and oxygen atoms in total. The number of benzene rings is 1.